The van der Waals surface area contributed by atoms with Crippen molar-refractivity contribution in [3.63, 3.8) is 0 Å². The molecule has 0 radical (unpaired) electrons. The maximum absolute atomic E-state index is 11.4. The number of carbonyl (C=O) groups excluding carboxylic acids is 2. The largest absolute Gasteiger partial charge is 0.349 e. The molecular formula is C16H23NO2. The maximum Gasteiger partial charge on any atom is 0.287 e. The van der Waals surface area contributed by atoms with E-state index in [1.165, 1.54) is 29.2 Å². The summed E-state index contributed by atoms with van der Waals surface area (Å²) < 4.78 is 0. The van der Waals surface area contributed by atoms with Crippen LogP contribution in [0.15, 0.2) is 12.1 Å². The Morgan fingerprint density at radius 1 is 1.05 bits per heavy atom. The highest BCUT2D eigenvalue weighted by Gasteiger charge is 2.24. The molecule has 3 nitrogen and oxygen atoms in total. The van der Waals surface area contributed by atoms with Crippen LogP contribution in [0.5, 0.6) is 0 Å². The summed E-state index contributed by atoms with van der Waals surface area (Å²) in [6, 6.07) is 4.34. The second-order valence-corrected chi connectivity index (χ2v) is 5.87. The summed E-state index contributed by atoms with van der Waals surface area (Å²) in [5.74, 6) is -0.970. The van der Waals surface area contributed by atoms with E-state index in [-0.39, 0.29) is 5.41 Å². The second kappa shape index (κ2) is 5.55. The fraction of sp³-hybridized carbons (Fsp3) is 0.500. The van der Waals surface area contributed by atoms with E-state index >= 15 is 0 Å². The van der Waals surface area contributed by atoms with Gasteiger partial charge in [0.05, 0.1) is 0 Å². The first-order chi connectivity index (χ1) is 8.65. The van der Waals surface area contributed by atoms with Gasteiger partial charge in [-0.1, -0.05) is 26.0 Å². The zero-order valence-corrected chi connectivity index (χ0v) is 12.7. The normalized spacial score (nSPS) is 11.3. The highest BCUT2D eigenvalue weighted by atomic mass is 16.2. The van der Waals surface area contributed by atoms with Crippen LogP contribution in [0.2, 0.25) is 0 Å². The average Bonchev–Trinajstić information content (AvgIpc) is 2.30. The summed E-state index contributed by atoms with van der Waals surface area (Å²) >= 11 is 0. The van der Waals surface area contributed by atoms with E-state index in [1.54, 1.807) is 0 Å². The lowest BCUT2D eigenvalue weighted by Gasteiger charge is -2.28. The Bertz CT molecular complexity index is 516. The zero-order chi connectivity index (χ0) is 14.8. The van der Waals surface area contributed by atoms with Crippen molar-refractivity contribution < 1.29 is 9.59 Å². The average molecular weight is 261 g/mol. The van der Waals surface area contributed by atoms with Crippen LogP contribution >= 0.6 is 0 Å². The molecule has 0 bridgehead atoms. The number of rotatable bonds is 4. The number of hydrogen-bond acceptors (Lipinski definition) is 2. The molecule has 1 rings (SSSR count). The molecule has 3 heteroatoms. The van der Waals surface area contributed by atoms with E-state index in [0.717, 1.165) is 0 Å². The molecule has 0 aliphatic heterocycles. The van der Waals surface area contributed by atoms with Gasteiger partial charge in [-0.15, -0.1) is 0 Å². The van der Waals surface area contributed by atoms with Crippen LogP contribution in [0.4, 0.5) is 0 Å². The van der Waals surface area contributed by atoms with Gasteiger partial charge < -0.3 is 5.32 Å². The van der Waals surface area contributed by atoms with Crippen LogP contribution in [0.3, 0.4) is 0 Å². The van der Waals surface area contributed by atoms with Gasteiger partial charge in [-0.25, -0.2) is 0 Å². The van der Waals surface area contributed by atoms with Crippen molar-refractivity contribution in [1.29, 1.82) is 0 Å². The number of Topliss-reactive ketones (excluding diaryl/α,β-unsaturated/α-hetero) is 1. The number of carbonyl (C=O) groups is 2. The van der Waals surface area contributed by atoms with Crippen molar-refractivity contribution in [2.24, 2.45) is 0 Å². The molecule has 0 aromatic heterocycles. The molecule has 0 aliphatic rings. The molecule has 19 heavy (non-hydrogen) atoms. The minimum Gasteiger partial charge on any atom is -0.349 e. The van der Waals surface area contributed by atoms with E-state index in [0.29, 0.717) is 6.54 Å². The highest BCUT2D eigenvalue weighted by molar-refractivity contribution is 6.35. The quantitative estimate of drug-likeness (QED) is 0.847. The van der Waals surface area contributed by atoms with Gasteiger partial charge in [0, 0.05) is 18.9 Å². The van der Waals surface area contributed by atoms with Crippen molar-refractivity contribution in [1.82, 2.24) is 5.32 Å². The number of hydrogen-bond donors (Lipinski definition) is 1. The Labute approximate surface area is 115 Å². The van der Waals surface area contributed by atoms with Crippen molar-refractivity contribution in [3.05, 3.63) is 34.4 Å². The van der Waals surface area contributed by atoms with Gasteiger partial charge in [0.15, 0.2) is 0 Å². The standard InChI is InChI=1S/C16H23NO2/c1-10-7-12(3)14(8-11(10)2)16(5,6)9-17-15(19)13(4)18/h7-8H,9H2,1-6H3,(H,17,19). The number of amides is 1. The third-order valence-electron chi connectivity index (χ3n) is 3.58. The summed E-state index contributed by atoms with van der Waals surface area (Å²) in [7, 11) is 0. The molecule has 0 heterocycles. The van der Waals surface area contributed by atoms with Gasteiger partial charge in [-0.2, -0.15) is 0 Å². The zero-order valence-electron chi connectivity index (χ0n) is 12.7. The molecule has 0 unspecified atom stereocenters. The van der Waals surface area contributed by atoms with E-state index in [9.17, 15) is 9.59 Å². The predicted molar refractivity (Wildman–Crippen MR) is 77.4 cm³/mol. The molecule has 1 amide bonds. The summed E-state index contributed by atoms with van der Waals surface area (Å²) in [6.45, 7) is 12.1. The Kier molecular flexibility index (Phi) is 4.51. The number of nitrogens with one attached hydrogen (secondary N) is 1. The van der Waals surface area contributed by atoms with Gasteiger partial charge in [-0.05, 0) is 43.0 Å². The third kappa shape index (κ3) is 3.66. The highest BCUT2D eigenvalue weighted by Crippen LogP contribution is 2.28. The van der Waals surface area contributed by atoms with Crippen LogP contribution < -0.4 is 5.32 Å². The lowest BCUT2D eigenvalue weighted by molar-refractivity contribution is -0.136. The fourth-order valence-electron chi connectivity index (χ4n) is 2.21. The molecule has 1 N–H and O–H groups in total. The second-order valence-electron chi connectivity index (χ2n) is 5.87. The SMILES string of the molecule is CC(=O)C(=O)NCC(C)(C)c1cc(C)c(C)cc1C. The molecule has 0 fully saturated rings. The number of aryl methyl sites for hydroxylation is 3. The molecule has 0 saturated carbocycles. The molecule has 104 valence electrons. The van der Waals surface area contributed by atoms with Gasteiger partial charge >= 0.3 is 0 Å². The smallest absolute Gasteiger partial charge is 0.287 e. The Balaban J connectivity index is 2.97. The predicted octanol–water partition coefficient (Wildman–Crippen LogP) is 2.59. The van der Waals surface area contributed by atoms with E-state index in [1.807, 2.05) is 0 Å². The van der Waals surface area contributed by atoms with Crippen LogP contribution in [0.25, 0.3) is 0 Å². The molecule has 1 aromatic carbocycles. The van der Waals surface area contributed by atoms with Gasteiger partial charge in [0.1, 0.15) is 0 Å². The van der Waals surface area contributed by atoms with Gasteiger partial charge in [0.25, 0.3) is 5.91 Å². The molecule has 0 saturated heterocycles. The summed E-state index contributed by atoms with van der Waals surface area (Å²) in [5, 5.41) is 2.69. The van der Waals surface area contributed by atoms with E-state index < -0.39 is 11.7 Å². The first kappa shape index (κ1) is 15.4. The topological polar surface area (TPSA) is 46.2 Å². The monoisotopic (exact) mass is 261 g/mol. The molecule has 0 aliphatic carbocycles. The summed E-state index contributed by atoms with van der Waals surface area (Å²) in [5.41, 5.74) is 4.73. The van der Waals surface area contributed by atoms with Crippen molar-refractivity contribution in [3.8, 4) is 0 Å². The van der Waals surface area contributed by atoms with Gasteiger partial charge in [-0.3, -0.25) is 9.59 Å². The number of benzene rings is 1. The molecule has 1 aromatic rings. The molecular weight excluding hydrogens is 238 g/mol. The van der Waals surface area contributed by atoms with Crippen LogP contribution in [0, 0.1) is 20.8 Å². The lowest BCUT2D eigenvalue weighted by Crippen LogP contribution is -2.39. The molecule has 0 atom stereocenters. The third-order valence-corrected chi connectivity index (χ3v) is 3.58. The van der Waals surface area contributed by atoms with Gasteiger partial charge in [0.2, 0.25) is 5.78 Å². The van der Waals surface area contributed by atoms with Crippen molar-refractivity contribution >= 4 is 11.7 Å². The van der Waals surface area contributed by atoms with Crippen LogP contribution in [-0.4, -0.2) is 18.2 Å². The Morgan fingerprint density at radius 2 is 1.58 bits per heavy atom. The van der Waals surface area contributed by atoms with Crippen molar-refractivity contribution in [2.45, 2.75) is 47.0 Å². The van der Waals surface area contributed by atoms with Crippen LogP contribution in [0.1, 0.15) is 43.0 Å². The van der Waals surface area contributed by atoms with Crippen molar-refractivity contribution in [2.75, 3.05) is 6.54 Å². The fourth-order valence-corrected chi connectivity index (χ4v) is 2.21. The first-order valence-electron chi connectivity index (χ1n) is 6.52. The maximum atomic E-state index is 11.4. The van der Waals surface area contributed by atoms with Crippen LogP contribution in [-0.2, 0) is 15.0 Å². The Hall–Kier alpha value is -1.64. The van der Waals surface area contributed by atoms with E-state index in [2.05, 4.69) is 52.1 Å². The minimum atomic E-state index is -0.519. The summed E-state index contributed by atoms with van der Waals surface area (Å²) in [6.07, 6.45) is 0. The summed E-state index contributed by atoms with van der Waals surface area (Å²) in [4.78, 5) is 22.3. The first-order valence-corrected chi connectivity index (χ1v) is 6.52. The number of ketones is 1. The lowest BCUT2D eigenvalue weighted by atomic mass is 9.80. The minimum absolute atomic E-state index is 0.201. The Morgan fingerprint density at radius 3 is 2.11 bits per heavy atom. The molecule has 0 spiro atoms. The van der Waals surface area contributed by atoms with E-state index in [4.69, 9.17) is 0 Å².